The molecule has 1 atom stereocenters. The molecule has 0 spiro atoms. The van der Waals surface area contributed by atoms with Crippen LogP contribution >= 0.6 is 50.5 Å². The monoisotopic (exact) mass is 378 g/mol. The van der Waals surface area contributed by atoms with Gasteiger partial charge in [-0.3, -0.25) is 11.3 Å². The third-order valence-electron chi connectivity index (χ3n) is 2.88. The molecule has 2 nitrogen and oxygen atoms in total. The van der Waals surface area contributed by atoms with E-state index in [2.05, 4.69) is 21.4 Å². The van der Waals surface area contributed by atoms with Gasteiger partial charge in [0, 0.05) is 14.4 Å². The van der Waals surface area contributed by atoms with Crippen LogP contribution in [0.1, 0.15) is 22.0 Å². The van der Waals surface area contributed by atoms with E-state index < -0.39 is 0 Å². The largest absolute Gasteiger partial charge is 0.271 e. The molecule has 1 aromatic carbocycles. The molecule has 0 saturated carbocycles. The maximum Gasteiger partial charge on any atom is 0.0609 e. The molecule has 2 rings (SSSR count). The first-order valence-electron chi connectivity index (χ1n) is 5.66. The highest BCUT2D eigenvalue weighted by molar-refractivity contribution is 9.10. The van der Waals surface area contributed by atoms with Gasteiger partial charge in [-0.25, -0.2) is 0 Å². The topological polar surface area (TPSA) is 38.0 Å². The van der Waals surface area contributed by atoms with Crippen LogP contribution in [0.25, 0.3) is 0 Å². The summed E-state index contributed by atoms with van der Waals surface area (Å²) in [7, 11) is 0. The number of rotatable bonds is 4. The second-order valence-corrected chi connectivity index (χ2v) is 6.87. The lowest BCUT2D eigenvalue weighted by molar-refractivity contribution is 0.560. The molecule has 102 valence electrons. The fourth-order valence-corrected chi connectivity index (χ4v) is 3.96. The van der Waals surface area contributed by atoms with Gasteiger partial charge in [0.15, 0.2) is 0 Å². The Bertz CT molecular complexity index is 586. The number of hydrogen-bond donors (Lipinski definition) is 2. The van der Waals surface area contributed by atoms with E-state index in [1.54, 1.807) is 11.3 Å². The van der Waals surface area contributed by atoms with E-state index in [-0.39, 0.29) is 6.04 Å². The minimum Gasteiger partial charge on any atom is -0.271 e. The highest BCUT2D eigenvalue weighted by Crippen LogP contribution is 2.35. The zero-order valence-corrected chi connectivity index (χ0v) is 14.1. The molecule has 0 aliphatic carbocycles. The molecule has 0 bridgehead atoms. The summed E-state index contributed by atoms with van der Waals surface area (Å²) < 4.78 is 0.962. The molecule has 19 heavy (non-hydrogen) atoms. The third kappa shape index (κ3) is 3.51. The van der Waals surface area contributed by atoms with E-state index in [4.69, 9.17) is 29.0 Å². The number of hydrogen-bond acceptors (Lipinski definition) is 3. The van der Waals surface area contributed by atoms with Gasteiger partial charge in [-0.05, 0) is 42.0 Å². The van der Waals surface area contributed by atoms with Crippen LogP contribution in [0.15, 0.2) is 28.1 Å². The van der Waals surface area contributed by atoms with Crippen LogP contribution in [0.5, 0.6) is 0 Å². The maximum atomic E-state index is 6.29. The molecule has 6 heteroatoms. The normalized spacial score (nSPS) is 12.7. The van der Waals surface area contributed by atoms with Crippen molar-refractivity contribution in [2.24, 2.45) is 5.84 Å². The number of halogens is 3. The van der Waals surface area contributed by atoms with Crippen LogP contribution in [-0.2, 0) is 6.42 Å². The van der Waals surface area contributed by atoms with Crippen LogP contribution in [0.4, 0.5) is 0 Å². The first-order valence-corrected chi connectivity index (χ1v) is 8.09. The molecular weight excluding hydrogens is 367 g/mol. The number of aryl methyl sites for hydroxylation is 1. The SMILES string of the molecule is Cc1csc(C(Cc2ccc(Br)cc2Cl)NN)c1Cl. The van der Waals surface area contributed by atoms with Crippen LogP contribution in [-0.4, -0.2) is 0 Å². The van der Waals surface area contributed by atoms with Gasteiger partial charge in [0.2, 0.25) is 0 Å². The van der Waals surface area contributed by atoms with E-state index in [1.165, 1.54) is 0 Å². The average molecular weight is 380 g/mol. The Morgan fingerprint density at radius 3 is 2.68 bits per heavy atom. The quantitative estimate of drug-likeness (QED) is 0.587. The summed E-state index contributed by atoms with van der Waals surface area (Å²) in [6.45, 7) is 1.99. The average Bonchev–Trinajstić information content (AvgIpc) is 2.70. The summed E-state index contributed by atoms with van der Waals surface area (Å²) in [5.41, 5.74) is 4.93. The van der Waals surface area contributed by atoms with Crippen LogP contribution < -0.4 is 11.3 Å². The van der Waals surface area contributed by atoms with Crippen molar-refractivity contribution in [1.82, 2.24) is 5.43 Å². The van der Waals surface area contributed by atoms with Crippen molar-refractivity contribution in [2.45, 2.75) is 19.4 Å². The van der Waals surface area contributed by atoms with Gasteiger partial charge in [0.25, 0.3) is 0 Å². The van der Waals surface area contributed by atoms with Crippen molar-refractivity contribution in [3.8, 4) is 0 Å². The molecular formula is C13H13BrCl2N2S. The van der Waals surface area contributed by atoms with Crippen LogP contribution in [0.2, 0.25) is 10.0 Å². The van der Waals surface area contributed by atoms with E-state index in [1.807, 2.05) is 30.5 Å². The van der Waals surface area contributed by atoms with Crippen molar-refractivity contribution < 1.29 is 0 Å². The standard InChI is InChI=1S/C13H13BrCl2N2S/c1-7-6-19-13(12(7)16)11(18-17)4-8-2-3-9(14)5-10(8)15/h2-3,5-6,11,18H,4,17H2,1H3. The van der Waals surface area contributed by atoms with E-state index in [0.29, 0.717) is 6.42 Å². The second-order valence-electron chi connectivity index (χ2n) is 4.26. The number of nitrogens with one attached hydrogen (secondary N) is 1. The Morgan fingerprint density at radius 1 is 1.42 bits per heavy atom. The molecule has 1 unspecified atom stereocenters. The summed E-state index contributed by atoms with van der Waals surface area (Å²) in [5.74, 6) is 5.66. The summed E-state index contributed by atoms with van der Waals surface area (Å²) in [5, 5.41) is 3.53. The fraction of sp³-hybridized carbons (Fsp3) is 0.231. The molecule has 0 aliphatic rings. The number of nitrogens with two attached hydrogens (primary N) is 1. The van der Waals surface area contributed by atoms with E-state index >= 15 is 0 Å². The van der Waals surface area contributed by atoms with Crippen LogP contribution in [0.3, 0.4) is 0 Å². The zero-order valence-electron chi connectivity index (χ0n) is 10.2. The lowest BCUT2D eigenvalue weighted by Crippen LogP contribution is -2.29. The van der Waals surface area contributed by atoms with Crippen molar-refractivity contribution in [3.63, 3.8) is 0 Å². The number of benzene rings is 1. The van der Waals surface area contributed by atoms with E-state index in [9.17, 15) is 0 Å². The summed E-state index contributed by atoms with van der Waals surface area (Å²) in [6, 6.07) is 5.80. The number of hydrazine groups is 1. The summed E-state index contributed by atoms with van der Waals surface area (Å²) in [6.07, 6.45) is 0.697. The van der Waals surface area contributed by atoms with Gasteiger partial charge < -0.3 is 0 Å². The molecule has 2 aromatic rings. The minimum absolute atomic E-state index is 0.0372. The van der Waals surface area contributed by atoms with Gasteiger partial charge in [-0.2, -0.15) is 0 Å². The molecule has 0 amide bonds. The molecule has 3 N–H and O–H groups in total. The fourth-order valence-electron chi connectivity index (χ4n) is 1.82. The Labute approximate surface area is 135 Å². The lowest BCUT2D eigenvalue weighted by atomic mass is 10.0. The first-order chi connectivity index (χ1) is 9.02. The Kier molecular flexibility index (Phi) is 5.29. The van der Waals surface area contributed by atoms with Crippen molar-refractivity contribution in [2.75, 3.05) is 0 Å². The van der Waals surface area contributed by atoms with E-state index in [0.717, 1.165) is 30.5 Å². The Morgan fingerprint density at radius 2 is 2.16 bits per heavy atom. The van der Waals surface area contributed by atoms with Crippen molar-refractivity contribution in [3.05, 3.63) is 54.1 Å². The Hall–Kier alpha value is -0.100. The van der Waals surface area contributed by atoms with Gasteiger partial charge in [-0.15, -0.1) is 11.3 Å². The van der Waals surface area contributed by atoms with Crippen LogP contribution in [0, 0.1) is 6.92 Å². The summed E-state index contributed by atoms with van der Waals surface area (Å²) in [4.78, 5) is 1.04. The van der Waals surface area contributed by atoms with Gasteiger partial charge in [0.1, 0.15) is 0 Å². The second kappa shape index (κ2) is 6.57. The Balaban J connectivity index is 2.26. The molecule has 0 aliphatic heterocycles. The van der Waals surface area contributed by atoms with Crippen molar-refractivity contribution in [1.29, 1.82) is 0 Å². The molecule has 0 fully saturated rings. The first kappa shape index (κ1) is 15.3. The predicted molar refractivity (Wildman–Crippen MR) is 87.0 cm³/mol. The number of thiophene rings is 1. The van der Waals surface area contributed by atoms with Gasteiger partial charge in [-0.1, -0.05) is 45.2 Å². The highest BCUT2D eigenvalue weighted by atomic mass is 79.9. The van der Waals surface area contributed by atoms with Gasteiger partial charge in [0.05, 0.1) is 11.1 Å². The molecule has 0 saturated heterocycles. The van der Waals surface area contributed by atoms with Crippen molar-refractivity contribution >= 4 is 50.5 Å². The minimum atomic E-state index is -0.0372. The molecule has 1 heterocycles. The predicted octanol–water partition coefficient (Wildman–Crippen LogP) is 4.87. The summed E-state index contributed by atoms with van der Waals surface area (Å²) >= 11 is 17.5. The third-order valence-corrected chi connectivity index (χ3v) is 5.55. The lowest BCUT2D eigenvalue weighted by Gasteiger charge is -2.16. The maximum absolute atomic E-state index is 6.29. The molecule has 0 radical (unpaired) electrons. The smallest absolute Gasteiger partial charge is 0.0609 e. The van der Waals surface area contributed by atoms with Gasteiger partial charge >= 0.3 is 0 Å². The zero-order chi connectivity index (χ0) is 14.0. The molecule has 1 aromatic heterocycles. The highest BCUT2D eigenvalue weighted by Gasteiger charge is 2.18.